The molecule has 1 heterocycles. The van der Waals surface area contributed by atoms with Gasteiger partial charge >= 0.3 is 0 Å². The molecule has 2 aromatic carbocycles. The van der Waals surface area contributed by atoms with Crippen LogP contribution in [-0.2, 0) is 19.4 Å². The van der Waals surface area contributed by atoms with Crippen LogP contribution in [0.1, 0.15) is 29.5 Å². The lowest BCUT2D eigenvalue weighted by Gasteiger charge is -2.15. The third-order valence-corrected chi connectivity index (χ3v) is 5.27. The van der Waals surface area contributed by atoms with E-state index in [9.17, 15) is 0 Å². The van der Waals surface area contributed by atoms with Crippen molar-refractivity contribution in [1.29, 1.82) is 0 Å². The molecular formula is C23H29N3O2. The van der Waals surface area contributed by atoms with E-state index in [1.165, 1.54) is 24.0 Å². The summed E-state index contributed by atoms with van der Waals surface area (Å²) in [4.78, 5) is 4.34. The normalized spacial score (nSPS) is 15.7. The predicted molar refractivity (Wildman–Crippen MR) is 112 cm³/mol. The van der Waals surface area contributed by atoms with Crippen LogP contribution in [0, 0.1) is 5.92 Å². The number of aliphatic imine (C=N–C) groups is 1. The van der Waals surface area contributed by atoms with Crippen molar-refractivity contribution in [3.8, 4) is 11.5 Å². The molecule has 0 spiro atoms. The summed E-state index contributed by atoms with van der Waals surface area (Å²) in [5, 5.41) is 6.80. The van der Waals surface area contributed by atoms with Gasteiger partial charge in [0.1, 0.15) is 11.5 Å². The Morgan fingerprint density at radius 2 is 2.07 bits per heavy atom. The van der Waals surface area contributed by atoms with E-state index in [0.717, 1.165) is 61.5 Å². The van der Waals surface area contributed by atoms with E-state index in [-0.39, 0.29) is 0 Å². The third-order valence-electron chi connectivity index (χ3n) is 5.27. The van der Waals surface area contributed by atoms with Gasteiger partial charge in [-0.05, 0) is 48.4 Å². The van der Waals surface area contributed by atoms with E-state index in [0.29, 0.717) is 6.54 Å². The Labute approximate surface area is 167 Å². The molecule has 5 nitrogen and oxygen atoms in total. The van der Waals surface area contributed by atoms with Crippen LogP contribution in [0.3, 0.4) is 0 Å². The van der Waals surface area contributed by atoms with Crippen LogP contribution in [0.2, 0.25) is 0 Å². The summed E-state index contributed by atoms with van der Waals surface area (Å²) in [7, 11) is 1.80. The van der Waals surface area contributed by atoms with E-state index >= 15 is 0 Å². The zero-order valence-electron chi connectivity index (χ0n) is 16.5. The maximum atomic E-state index is 5.99. The number of nitrogens with one attached hydrogen (secondary N) is 2. The van der Waals surface area contributed by atoms with Crippen molar-refractivity contribution in [3.63, 3.8) is 0 Å². The van der Waals surface area contributed by atoms with Gasteiger partial charge in [-0.2, -0.15) is 0 Å². The topological polar surface area (TPSA) is 54.9 Å². The number of benzene rings is 2. The van der Waals surface area contributed by atoms with Gasteiger partial charge in [0.15, 0.2) is 5.96 Å². The van der Waals surface area contributed by atoms with Gasteiger partial charge in [-0.25, -0.2) is 0 Å². The Hall–Kier alpha value is -2.69. The Bertz CT molecular complexity index is 830. The second-order valence-electron chi connectivity index (χ2n) is 7.51. The summed E-state index contributed by atoms with van der Waals surface area (Å²) >= 11 is 0. The summed E-state index contributed by atoms with van der Waals surface area (Å²) in [5.41, 5.74) is 3.80. The van der Waals surface area contributed by atoms with Crippen LogP contribution in [0.25, 0.3) is 0 Å². The number of nitrogens with zero attached hydrogens (tertiary/aromatic N) is 1. The van der Waals surface area contributed by atoms with E-state index in [1.54, 1.807) is 7.05 Å². The van der Waals surface area contributed by atoms with E-state index < -0.39 is 0 Å². The molecule has 0 radical (unpaired) electrons. The SMILES string of the molecule is CN=C(NCCc1ccc2c(c1)CCO2)NCc1ccccc1OCC1CC1. The van der Waals surface area contributed by atoms with Crippen LogP contribution in [0.4, 0.5) is 0 Å². The largest absolute Gasteiger partial charge is 0.493 e. The molecule has 0 amide bonds. The number of fused-ring (bicyclic) bond motifs is 1. The summed E-state index contributed by atoms with van der Waals surface area (Å²) in [6.45, 7) is 3.16. The highest BCUT2D eigenvalue weighted by atomic mass is 16.5. The van der Waals surface area contributed by atoms with Crippen LogP contribution >= 0.6 is 0 Å². The number of hydrogen-bond acceptors (Lipinski definition) is 3. The molecule has 5 heteroatoms. The van der Waals surface area contributed by atoms with Crippen molar-refractivity contribution in [1.82, 2.24) is 10.6 Å². The monoisotopic (exact) mass is 379 g/mol. The smallest absolute Gasteiger partial charge is 0.191 e. The fourth-order valence-electron chi connectivity index (χ4n) is 3.40. The number of hydrogen-bond donors (Lipinski definition) is 2. The maximum absolute atomic E-state index is 5.99. The summed E-state index contributed by atoms with van der Waals surface area (Å²) < 4.78 is 11.6. The van der Waals surface area contributed by atoms with Gasteiger partial charge in [-0.3, -0.25) is 4.99 Å². The number of rotatable bonds is 8. The summed E-state index contributed by atoms with van der Waals surface area (Å²) in [6, 6.07) is 14.7. The van der Waals surface area contributed by atoms with Crippen molar-refractivity contribution in [2.45, 2.75) is 32.2 Å². The first-order valence-corrected chi connectivity index (χ1v) is 10.2. The number of para-hydroxylation sites is 1. The van der Waals surface area contributed by atoms with Gasteiger partial charge in [0.25, 0.3) is 0 Å². The first-order valence-electron chi connectivity index (χ1n) is 10.2. The zero-order valence-corrected chi connectivity index (χ0v) is 16.5. The quantitative estimate of drug-likeness (QED) is 0.546. The second kappa shape index (κ2) is 9.00. The van der Waals surface area contributed by atoms with Crippen LogP contribution in [0.15, 0.2) is 47.5 Å². The minimum atomic E-state index is 0.691. The van der Waals surface area contributed by atoms with Crippen LogP contribution < -0.4 is 20.1 Å². The van der Waals surface area contributed by atoms with Gasteiger partial charge in [0, 0.05) is 32.1 Å². The third kappa shape index (κ3) is 4.97. The highest BCUT2D eigenvalue weighted by molar-refractivity contribution is 5.79. The number of ether oxygens (including phenoxy) is 2. The maximum Gasteiger partial charge on any atom is 0.191 e. The van der Waals surface area contributed by atoms with Crippen molar-refractivity contribution in [2.24, 2.45) is 10.9 Å². The first-order chi connectivity index (χ1) is 13.8. The van der Waals surface area contributed by atoms with Gasteiger partial charge < -0.3 is 20.1 Å². The molecule has 0 aromatic heterocycles. The number of guanidine groups is 1. The lowest BCUT2D eigenvalue weighted by atomic mass is 10.1. The molecule has 28 heavy (non-hydrogen) atoms. The molecule has 1 fully saturated rings. The molecule has 4 rings (SSSR count). The van der Waals surface area contributed by atoms with Crippen molar-refractivity contribution >= 4 is 5.96 Å². The van der Waals surface area contributed by atoms with Crippen molar-refractivity contribution in [2.75, 3.05) is 26.8 Å². The molecule has 148 valence electrons. The highest BCUT2D eigenvalue weighted by Crippen LogP contribution is 2.30. The van der Waals surface area contributed by atoms with Gasteiger partial charge in [0.2, 0.25) is 0 Å². The second-order valence-corrected chi connectivity index (χ2v) is 7.51. The lowest BCUT2D eigenvalue weighted by molar-refractivity contribution is 0.296. The average Bonchev–Trinajstić information content (AvgIpc) is 3.44. The fourth-order valence-corrected chi connectivity index (χ4v) is 3.40. The summed E-state index contributed by atoms with van der Waals surface area (Å²) in [6.07, 6.45) is 4.57. The van der Waals surface area contributed by atoms with Gasteiger partial charge in [-0.1, -0.05) is 30.3 Å². The van der Waals surface area contributed by atoms with Crippen LogP contribution in [0.5, 0.6) is 11.5 Å². The minimum Gasteiger partial charge on any atom is -0.493 e. The molecule has 0 unspecified atom stereocenters. The minimum absolute atomic E-state index is 0.691. The average molecular weight is 380 g/mol. The highest BCUT2D eigenvalue weighted by Gasteiger charge is 2.22. The van der Waals surface area contributed by atoms with E-state index in [1.807, 2.05) is 12.1 Å². The first kappa shape index (κ1) is 18.7. The summed E-state index contributed by atoms with van der Waals surface area (Å²) in [5.74, 6) is 3.57. The molecule has 1 aliphatic carbocycles. The van der Waals surface area contributed by atoms with E-state index in [2.05, 4.69) is 46.0 Å². The molecule has 0 saturated heterocycles. The molecule has 2 N–H and O–H groups in total. The molecule has 0 bridgehead atoms. The zero-order chi connectivity index (χ0) is 19.2. The molecule has 0 atom stereocenters. The van der Waals surface area contributed by atoms with Crippen molar-refractivity contribution < 1.29 is 9.47 Å². The lowest BCUT2D eigenvalue weighted by Crippen LogP contribution is -2.37. The molecule has 2 aliphatic rings. The van der Waals surface area contributed by atoms with Gasteiger partial charge in [-0.15, -0.1) is 0 Å². The predicted octanol–water partition coefficient (Wildman–Crippen LogP) is 3.32. The Balaban J connectivity index is 1.25. The molecule has 1 aliphatic heterocycles. The molecular weight excluding hydrogens is 350 g/mol. The fraction of sp³-hybridized carbons (Fsp3) is 0.435. The molecule has 2 aromatic rings. The standard InChI is InChI=1S/C23H29N3O2/c1-24-23(25-12-10-17-8-9-22-19(14-17)11-13-27-22)26-15-20-4-2-3-5-21(20)28-16-18-6-7-18/h2-5,8-9,14,18H,6-7,10-13,15-16H2,1H3,(H2,24,25,26). The van der Waals surface area contributed by atoms with Crippen LogP contribution in [-0.4, -0.2) is 32.8 Å². The van der Waals surface area contributed by atoms with E-state index in [4.69, 9.17) is 9.47 Å². The Kier molecular flexibility index (Phi) is 6.00. The van der Waals surface area contributed by atoms with Crippen molar-refractivity contribution in [3.05, 3.63) is 59.2 Å². The Morgan fingerprint density at radius 1 is 1.18 bits per heavy atom. The Morgan fingerprint density at radius 3 is 2.93 bits per heavy atom. The molecule has 1 saturated carbocycles. The van der Waals surface area contributed by atoms with Gasteiger partial charge in [0.05, 0.1) is 13.2 Å².